The van der Waals surface area contributed by atoms with Gasteiger partial charge in [-0.3, -0.25) is 4.79 Å². The Bertz CT molecular complexity index is 1370. The number of nitrogens with zero attached hydrogens (tertiary/aromatic N) is 2. The van der Waals surface area contributed by atoms with E-state index >= 15 is 0 Å². The third-order valence-corrected chi connectivity index (χ3v) is 5.95. The van der Waals surface area contributed by atoms with Crippen molar-refractivity contribution in [2.45, 2.75) is 4.90 Å². The smallest absolute Gasteiger partial charge is 0.285 e. The van der Waals surface area contributed by atoms with E-state index < -0.39 is 33.1 Å². The molecule has 6 nitrogen and oxygen atoms in total. The number of aryl methyl sites for hydroxylation is 1. The predicted octanol–water partition coefficient (Wildman–Crippen LogP) is 3.64. The van der Waals surface area contributed by atoms with Crippen LogP contribution in [0.25, 0.3) is 22.2 Å². The minimum Gasteiger partial charge on any atom is -0.333 e. The summed E-state index contributed by atoms with van der Waals surface area (Å²) >= 11 is 0. The number of hydrogen-bond acceptors (Lipinski definition) is 4. The van der Waals surface area contributed by atoms with E-state index in [9.17, 15) is 22.0 Å². The molecule has 1 N–H and O–H groups in total. The number of carbonyl (C=O) groups is 1. The van der Waals surface area contributed by atoms with Gasteiger partial charge in [0.2, 0.25) is 0 Å². The van der Waals surface area contributed by atoms with Crippen molar-refractivity contribution in [1.29, 1.82) is 0 Å². The van der Waals surface area contributed by atoms with E-state index in [1.807, 2.05) is 4.72 Å². The number of aromatic nitrogens is 2. The van der Waals surface area contributed by atoms with Crippen molar-refractivity contribution in [3.63, 3.8) is 0 Å². The average Bonchev–Trinajstić information content (AvgIpc) is 3.09. The quantitative estimate of drug-likeness (QED) is 0.539. The van der Waals surface area contributed by atoms with Crippen molar-refractivity contribution >= 4 is 26.7 Å². The number of hydrogen-bond donors (Lipinski definition) is 1. The highest BCUT2D eigenvalue weighted by Gasteiger charge is 2.24. The molecule has 9 heteroatoms. The molecule has 0 aliphatic carbocycles. The summed E-state index contributed by atoms with van der Waals surface area (Å²) in [5.41, 5.74) is -0.699. The zero-order valence-corrected chi connectivity index (χ0v) is 16.5. The molecule has 0 spiro atoms. The maximum atomic E-state index is 14.1. The van der Waals surface area contributed by atoms with Gasteiger partial charge in [0.15, 0.2) is 0 Å². The van der Waals surface area contributed by atoms with E-state index in [1.165, 1.54) is 29.9 Å². The highest BCUT2D eigenvalue weighted by Crippen LogP contribution is 2.26. The number of nitrogens with one attached hydrogen (secondary N) is 1. The molecule has 4 aromatic rings. The summed E-state index contributed by atoms with van der Waals surface area (Å²) < 4.78 is 57.0. The highest BCUT2D eigenvalue weighted by atomic mass is 32.2. The fourth-order valence-corrected chi connectivity index (χ4v) is 4.37. The molecule has 0 saturated heterocycles. The lowest BCUT2D eigenvalue weighted by atomic mass is 10.1. The second kappa shape index (κ2) is 7.34. The summed E-state index contributed by atoms with van der Waals surface area (Å²) in [4.78, 5) is 16.5. The Labute approximate surface area is 170 Å². The zero-order chi connectivity index (χ0) is 21.5. The lowest BCUT2D eigenvalue weighted by molar-refractivity contribution is 0.0977. The molecule has 30 heavy (non-hydrogen) atoms. The molecule has 0 fully saturated rings. The molecule has 0 atom stereocenters. The molecular weight excluding hydrogens is 412 g/mol. The van der Waals surface area contributed by atoms with Crippen LogP contribution in [0.3, 0.4) is 0 Å². The summed E-state index contributed by atoms with van der Waals surface area (Å²) in [5.74, 6) is -2.85. The van der Waals surface area contributed by atoms with Gasteiger partial charge in [-0.15, -0.1) is 0 Å². The van der Waals surface area contributed by atoms with Crippen molar-refractivity contribution in [2.24, 2.45) is 7.05 Å². The first-order valence-corrected chi connectivity index (χ1v) is 10.3. The Balaban J connectivity index is 1.69. The van der Waals surface area contributed by atoms with Crippen LogP contribution < -0.4 is 4.72 Å². The van der Waals surface area contributed by atoms with Crippen LogP contribution >= 0.6 is 0 Å². The normalized spacial score (nSPS) is 11.6. The first kappa shape index (κ1) is 19.7. The van der Waals surface area contributed by atoms with Crippen LogP contribution in [0.2, 0.25) is 0 Å². The number of sulfonamides is 1. The largest absolute Gasteiger partial charge is 0.333 e. The van der Waals surface area contributed by atoms with E-state index in [0.717, 1.165) is 12.1 Å². The fraction of sp³-hybridized carbons (Fsp3) is 0.0476. The molecule has 4 rings (SSSR count). The van der Waals surface area contributed by atoms with Crippen molar-refractivity contribution in [2.75, 3.05) is 0 Å². The van der Waals surface area contributed by atoms with Gasteiger partial charge in [-0.05, 0) is 23.6 Å². The van der Waals surface area contributed by atoms with Gasteiger partial charge in [0, 0.05) is 18.6 Å². The standard InChI is InChI=1S/C21H15F2N3O3S/c1-26-12-17(24-20(26)19-15(22)9-5-10-16(19)23)21(27)25-30(28,29)18-11-4-7-13-6-2-3-8-14(13)18/h2-12H,1H3,(H,25,27). The second-order valence-electron chi connectivity index (χ2n) is 6.57. The number of benzene rings is 3. The van der Waals surface area contributed by atoms with E-state index in [1.54, 1.807) is 36.4 Å². The number of imidazole rings is 1. The summed E-state index contributed by atoms with van der Waals surface area (Å²) in [5, 5.41) is 1.15. The van der Waals surface area contributed by atoms with Crippen LogP contribution in [0.15, 0.2) is 71.8 Å². The molecule has 0 aliphatic rings. The van der Waals surface area contributed by atoms with E-state index in [0.29, 0.717) is 10.8 Å². The molecule has 1 aromatic heterocycles. The molecule has 1 heterocycles. The number of fused-ring (bicyclic) bond motifs is 1. The van der Waals surface area contributed by atoms with Gasteiger partial charge in [0.05, 0.1) is 10.5 Å². The Hall–Kier alpha value is -3.59. The van der Waals surface area contributed by atoms with E-state index in [4.69, 9.17) is 0 Å². The molecule has 0 unspecified atom stereocenters. The maximum absolute atomic E-state index is 14.1. The number of carbonyl (C=O) groups excluding carboxylic acids is 1. The van der Waals surface area contributed by atoms with Crippen molar-refractivity contribution in [1.82, 2.24) is 14.3 Å². The summed E-state index contributed by atoms with van der Waals surface area (Å²) in [6, 6.07) is 14.9. The number of halogens is 2. The van der Waals surface area contributed by atoms with Crippen LogP contribution in [-0.2, 0) is 17.1 Å². The third-order valence-electron chi connectivity index (χ3n) is 4.56. The van der Waals surface area contributed by atoms with Crippen LogP contribution in [0, 0.1) is 11.6 Å². The molecule has 0 saturated carbocycles. The Morgan fingerprint density at radius 2 is 1.60 bits per heavy atom. The van der Waals surface area contributed by atoms with Crippen LogP contribution in [-0.4, -0.2) is 23.9 Å². The van der Waals surface area contributed by atoms with Crippen molar-refractivity contribution in [3.8, 4) is 11.4 Å². The molecule has 0 aliphatic heterocycles. The number of amides is 1. The molecule has 1 amide bonds. The van der Waals surface area contributed by atoms with Crippen molar-refractivity contribution < 1.29 is 22.0 Å². The van der Waals surface area contributed by atoms with Crippen LogP contribution in [0.4, 0.5) is 8.78 Å². The van der Waals surface area contributed by atoms with E-state index in [2.05, 4.69) is 4.98 Å². The second-order valence-corrected chi connectivity index (χ2v) is 8.22. The number of rotatable bonds is 4. The average molecular weight is 427 g/mol. The topological polar surface area (TPSA) is 81.1 Å². The van der Waals surface area contributed by atoms with Gasteiger partial charge in [-0.25, -0.2) is 26.9 Å². The molecule has 3 aromatic carbocycles. The molecular formula is C21H15F2N3O3S. The summed E-state index contributed by atoms with van der Waals surface area (Å²) in [6.45, 7) is 0. The lowest BCUT2D eigenvalue weighted by Crippen LogP contribution is -2.31. The minimum atomic E-state index is -4.22. The highest BCUT2D eigenvalue weighted by molar-refractivity contribution is 7.90. The van der Waals surface area contributed by atoms with Crippen LogP contribution in [0.5, 0.6) is 0 Å². The first-order valence-electron chi connectivity index (χ1n) is 8.80. The monoisotopic (exact) mass is 427 g/mol. The Morgan fingerprint density at radius 3 is 2.33 bits per heavy atom. The minimum absolute atomic E-state index is 0.0646. The van der Waals surface area contributed by atoms with Crippen molar-refractivity contribution in [3.05, 3.63) is 84.2 Å². The van der Waals surface area contributed by atoms with Gasteiger partial charge in [0.1, 0.15) is 23.2 Å². The van der Waals surface area contributed by atoms with Gasteiger partial charge < -0.3 is 4.57 Å². The van der Waals surface area contributed by atoms with E-state index in [-0.39, 0.29) is 16.4 Å². The SMILES string of the molecule is Cn1cc(C(=O)NS(=O)(=O)c2cccc3ccccc23)nc1-c1c(F)cccc1F. The Kier molecular flexibility index (Phi) is 4.83. The fourth-order valence-electron chi connectivity index (χ4n) is 3.18. The van der Waals surface area contributed by atoms with Gasteiger partial charge >= 0.3 is 0 Å². The molecule has 0 radical (unpaired) electrons. The van der Waals surface area contributed by atoms with Gasteiger partial charge in [-0.1, -0.05) is 42.5 Å². The summed E-state index contributed by atoms with van der Waals surface area (Å²) in [7, 11) is -2.77. The third kappa shape index (κ3) is 3.43. The maximum Gasteiger partial charge on any atom is 0.285 e. The van der Waals surface area contributed by atoms with Gasteiger partial charge in [0.25, 0.3) is 15.9 Å². The predicted molar refractivity (Wildman–Crippen MR) is 107 cm³/mol. The summed E-state index contributed by atoms with van der Waals surface area (Å²) in [6.07, 6.45) is 1.20. The Morgan fingerprint density at radius 1 is 0.967 bits per heavy atom. The first-order chi connectivity index (χ1) is 14.3. The molecule has 0 bridgehead atoms. The van der Waals surface area contributed by atoms with Crippen LogP contribution in [0.1, 0.15) is 10.5 Å². The lowest BCUT2D eigenvalue weighted by Gasteiger charge is -2.08. The zero-order valence-electron chi connectivity index (χ0n) is 15.6. The molecule has 152 valence electrons. The van der Waals surface area contributed by atoms with Gasteiger partial charge in [-0.2, -0.15) is 0 Å².